The van der Waals surface area contributed by atoms with Crippen LogP contribution in [0.25, 0.3) is 0 Å². The van der Waals surface area contributed by atoms with Gasteiger partial charge in [0.2, 0.25) is 0 Å². The van der Waals surface area contributed by atoms with E-state index in [1.54, 1.807) is 18.2 Å². The maximum atomic E-state index is 13.6. The minimum atomic E-state index is -0.322. The van der Waals surface area contributed by atoms with Crippen LogP contribution < -0.4 is 10.6 Å². The van der Waals surface area contributed by atoms with Gasteiger partial charge >= 0.3 is 0 Å². The summed E-state index contributed by atoms with van der Waals surface area (Å²) in [6.07, 6.45) is 1.05. The van der Waals surface area contributed by atoms with Crippen molar-refractivity contribution in [2.45, 2.75) is 26.2 Å². The lowest BCUT2D eigenvalue weighted by Gasteiger charge is -2.17. The Balaban J connectivity index is 2.12. The zero-order valence-electron chi connectivity index (χ0n) is 12.2. The molecular weight excluding hydrogens is 283 g/mol. The largest absolute Gasteiger partial charge is 0.332 e. The van der Waals surface area contributed by atoms with E-state index in [0.29, 0.717) is 16.7 Å². The van der Waals surface area contributed by atoms with Crippen LogP contribution in [0.1, 0.15) is 31.7 Å². The van der Waals surface area contributed by atoms with Gasteiger partial charge in [0.05, 0.1) is 5.69 Å². The lowest BCUT2D eigenvalue weighted by Crippen LogP contribution is -2.20. The third-order valence-corrected chi connectivity index (χ3v) is 3.68. The van der Waals surface area contributed by atoms with Crippen LogP contribution in [0.2, 0.25) is 0 Å². The molecule has 0 aliphatic rings. The van der Waals surface area contributed by atoms with Crippen molar-refractivity contribution in [3.8, 4) is 0 Å². The van der Waals surface area contributed by atoms with Crippen molar-refractivity contribution in [2.75, 3.05) is 10.6 Å². The van der Waals surface area contributed by atoms with Gasteiger partial charge in [-0.3, -0.25) is 0 Å². The van der Waals surface area contributed by atoms with Crippen LogP contribution in [0.5, 0.6) is 0 Å². The summed E-state index contributed by atoms with van der Waals surface area (Å²) in [4.78, 5) is 0. The molecule has 1 atom stereocenters. The SMILES string of the molecule is CCC(C)c1ccccc1NC(=S)Nc1ccccc1F. The van der Waals surface area contributed by atoms with Gasteiger partial charge in [-0.05, 0) is 48.3 Å². The Kier molecular flexibility index (Phi) is 5.28. The van der Waals surface area contributed by atoms with Gasteiger partial charge in [-0.2, -0.15) is 0 Å². The van der Waals surface area contributed by atoms with E-state index in [4.69, 9.17) is 12.2 Å². The van der Waals surface area contributed by atoms with Crippen LogP contribution in [-0.4, -0.2) is 5.11 Å². The molecule has 110 valence electrons. The van der Waals surface area contributed by atoms with Gasteiger partial charge in [0, 0.05) is 5.69 Å². The molecule has 2 rings (SSSR count). The van der Waals surface area contributed by atoms with E-state index >= 15 is 0 Å². The summed E-state index contributed by atoms with van der Waals surface area (Å²) in [5.74, 6) is 0.113. The Bertz CT molecular complexity index is 628. The molecule has 0 saturated carbocycles. The second-order valence-corrected chi connectivity index (χ2v) is 5.36. The first-order valence-electron chi connectivity index (χ1n) is 7.03. The molecule has 0 aliphatic heterocycles. The molecule has 0 aliphatic carbocycles. The second kappa shape index (κ2) is 7.18. The van der Waals surface area contributed by atoms with Crippen LogP contribution >= 0.6 is 12.2 Å². The number of halogens is 1. The molecule has 0 bridgehead atoms. The molecule has 4 heteroatoms. The molecular formula is C17H19FN2S. The Morgan fingerprint density at radius 3 is 2.29 bits per heavy atom. The number of anilines is 2. The predicted molar refractivity (Wildman–Crippen MR) is 91.4 cm³/mol. The summed E-state index contributed by atoms with van der Waals surface area (Å²) in [5, 5.41) is 6.43. The summed E-state index contributed by atoms with van der Waals surface area (Å²) < 4.78 is 13.6. The molecule has 0 saturated heterocycles. The summed E-state index contributed by atoms with van der Waals surface area (Å²) >= 11 is 5.27. The number of nitrogens with one attached hydrogen (secondary N) is 2. The van der Waals surface area contributed by atoms with E-state index in [-0.39, 0.29) is 5.82 Å². The van der Waals surface area contributed by atoms with E-state index in [1.807, 2.05) is 18.2 Å². The number of hydrogen-bond acceptors (Lipinski definition) is 1. The standard InChI is InChI=1S/C17H19FN2S/c1-3-12(2)13-8-4-6-10-15(13)19-17(21)20-16-11-7-5-9-14(16)18/h4-12H,3H2,1-2H3,(H2,19,20,21). The van der Waals surface area contributed by atoms with Crippen LogP contribution in [0.15, 0.2) is 48.5 Å². The maximum Gasteiger partial charge on any atom is 0.175 e. The highest BCUT2D eigenvalue weighted by Gasteiger charge is 2.10. The third kappa shape index (κ3) is 4.02. The minimum Gasteiger partial charge on any atom is -0.332 e. The van der Waals surface area contributed by atoms with Gasteiger partial charge in [0.15, 0.2) is 5.11 Å². The van der Waals surface area contributed by atoms with Crippen LogP contribution in [0.4, 0.5) is 15.8 Å². The van der Waals surface area contributed by atoms with Gasteiger partial charge in [0.1, 0.15) is 5.82 Å². The highest BCUT2D eigenvalue weighted by atomic mass is 32.1. The molecule has 2 nitrogen and oxygen atoms in total. The number of thiocarbonyl (C=S) groups is 1. The monoisotopic (exact) mass is 302 g/mol. The number of rotatable bonds is 4. The predicted octanol–water partition coefficient (Wildman–Crippen LogP) is 5.15. The van der Waals surface area contributed by atoms with Crippen LogP contribution in [0.3, 0.4) is 0 Å². The Morgan fingerprint density at radius 2 is 1.62 bits per heavy atom. The minimum absolute atomic E-state index is 0.322. The molecule has 0 amide bonds. The van der Waals surface area contributed by atoms with Crippen molar-refractivity contribution in [3.05, 3.63) is 59.9 Å². The van der Waals surface area contributed by atoms with Crippen molar-refractivity contribution in [3.63, 3.8) is 0 Å². The van der Waals surface area contributed by atoms with Crippen LogP contribution in [0, 0.1) is 5.82 Å². The van der Waals surface area contributed by atoms with E-state index in [9.17, 15) is 4.39 Å². The van der Waals surface area contributed by atoms with Crippen molar-refractivity contribution in [1.82, 2.24) is 0 Å². The molecule has 0 fully saturated rings. The normalized spacial score (nSPS) is 11.8. The smallest absolute Gasteiger partial charge is 0.175 e. The van der Waals surface area contributed by atoms with E-state index < -0.39 is 0 Å². The fraction of sp³-hybridized carbons (Fsp3) is 0.235. The van der Waals surface area contributed by atoms with E-state index in [2.05, 4.69) is 30.5 Å². The van der Waals surface area contributed by atoms with E-state index in [0.717, 1.165) is 12.1 Å². The lowest BCUT2D eigenvalue weighted by atomic mass is 9.97. The van der Waals surface area contributed by atoms with Crippen molar-refractivity contribution in [1.29, 1.82) is 0 Å². The maximum absolute atomic E-state index is 13.6. The zero-order valence-corrected chi connectivity index (χ0v) is 13.0. The fourth-order valence-corrected chi connectivity index (χ4v) is 2.32. The van der Waals surface area contributed by atoms with Gasteiger partial charge in [-0.1, -0.05) is 44.2 Å². The molecule has 2 aromatic rings. The topological polar surface area (TPSA) is 24.1 Å². The number of hydrogen-bond donors (Lipinski definition) is 2. The second-order valence-electron chi connectivity index (χ2n) is 4.96. The Labute approximate surface area is 130 Å². The first-order valence-corrected chi connectivity index (χ1v) is 7.44. The fourth-order valence-electron chi connectivity index (χ4n) is 2.10. The first kappa shape index (κ1) is 15.4. The molecule has 1 unspecified atom stereocenters. The third-order valence-electron chi connectivity index (χ3n) is 3.47. The number of para-hydroxylation sites is 2. The molecule has 0 radical (unpaired) electrons. The van der Waals surface area contributed by atoms with Crippen molar-refractivity contribution in [2.24, 2.45) is 0 Å². The summed E-state index contributed by atoms with van der Waals surface area (Å²) in [6, 6.07) is 14.5. The van der Waals surface area contributed by atoms with Gasteiger partial charge < -0.3 is 10.6 Å². The quantitative estimate of drug-likeness (QED) is 0.764. The summed E-state index contributed by atoms with van der Waals surface area (Å²) in [5.41, 5.74) is 2.54. The zero-order chi connectivity index (χ0) is 15.2. The van der Waals surface area contributed by atoms with Gasteiger partial charge in [0.25, 0.3) is 0 Å². The molecule has 0 aromatic heterocycles. The number of benzene rings is 2. The van der Waals surface area contributed by atoms with Crippen molar-refractivity contribution >= 4 is 28.7 Å². The summed E-state index contributed by atoms with van der Waals surface area (Å²) in [6.45, 7) is 4.32. The van der Waals surface area contributed by atoms with Gasteiger partial charge in [-0.15, -0.1) is 0 Å². The molecule has 21 heavy (non-hydrogen) atoms. The Hall–Kier alpha value is -1.94. The molecule has 2 N–H and O–H groups in total. The highest BCUT2D eigenvalue weighted by molar-refractivity contribution is 7.80. The summed E-state index contributed by atoms with van der Waals surface area (Å²) in [7, 11) is 0. The first-order chi connectivity index (χ1) is 10.1. The molecule has 0 heterocycles. The van der Waals surface area contributed by atoms with Crippen molar-refractivity contribution < 1.29 is 4.39 Å². The average Bonchev–Trinajstić information content (AvgIpc) is 2.49. The average molecular weight is 302 g/mol. The van der Waals surface area contributed by atoms with E-state index in [1.165, 1.54) is 11.6 Å². The van der Waals surface area contributed by atoms with Gasteiger partial charge in [-0.25, -0.2) is 4.39 Å². The Morgan fingerprint density at radius 1 is 1.05 bits per heavy atom. The molecule has 0 spiro atoms. The molecule has 2 aromatic carbocycles. The van der Waals surface area contributed by atoms with Crippen LogP contribution in [-0.2, 0) is 0 Å². The highest BCUT2D eigenvalue weighted by Crippen LogP contribution is 2.26. The lowest BCUT2D eigenvalue weighted by molar-refractivity contribution is 0.632.